The Labute approximate surface area is 69.2 Å². The van der Waals surface area contributed by atoms with Crippen LogP contribution >= 0.6 is 11.5 Å². The smallest absolute Gasteiger partial charge is 0.204 e. The summed E-state index contributed by atoms with van der Waals surface area (Å²) in [5.74, 6) is 0.666. The highest BCUT2D eigenvalue weighted by Crippen LogP contribution is 2.23. The third-order valence-electron chi connectivity index (χ3n) is 1.91. The second kappa shape index (κ2) is 2.75. The van der Waals surface area contributed by atoms with Crippen molar-refractivity contribution in [1.29, 1.82) is 0 Å². The van der Waals surface area contributed by atoms with E-state index in [2.05, 4.69) is 14.3 Å². The molecular formula is C6H10N4S. The van der Waals surface area contributed by atoms with Crippen molar-refractivity contribution in [3.63, 3.8) is 0 Å². The fourth-order valence-electron chi connectivity index (χ4n) is 1.18. The van der Waals surface area contributed by atoms with Gasteiger partial charge in [0.2, 0.25) is 5.13 Å². The lowest BCUT2D eigenvalue weighted by Gasteiger charge is -2.37. The van der Waals surface area contributed by atoms with Crippen LogP contribution in [0.25, 0.3) is 0 Å². The first-order valence-electron chi connectivity index (χ1n) is 3.62. The van der Waals surface area contributed by atoms with Gasteiger partial charge in [0, 0.05) is 30.5 Å². The third kappa shape index (κ3) is 1.21. The lowest BCUT2D eigenvalue weighted by atomic mass is 10.0. The van der Waals surface area contributed by atoms with Crippen LogP contribution in [0.1, 0.15) is 0 Å². The first kappa shape index (κ1) is 7.00. The molecule has 2 heterocycles. The quantitative estimate of drug-likeness (QED) is 0.675. The number of rotatable bonds is 2. The minimum Gasteiger partial charge on any atom is -0.346 e. The molecule has 0 unspecified atom stereocenters. The molecule has 1 fully saturated rings. The Bertz CT molecular complexity index is 216. The molecule has 60 valence electrons. The van der Waals surface area contributed by atoms with E-state index in [0.717, 1.165) is 24.8 Å². The summed E-state index contributed by atoms with van der Waals surface area (Å²) < 4.78 is 3.93. The molecule has 0 spiro atoms. The molecule has 2 N–H and O–H groups in total. The van der Waals surface area contributed by atoms with Crippen molar-refractivity contribution in [3.8, 4) is 0 Å². The van der Waals surface area contributed by atoms with Gasteiger partial charge in [-0.3, -0.25) is 0 Å². The van der Waals surface area contributed by atoms with Crippen LogP contribution in [0.3, 0.4) is 0 Å². The van der Waals surface area contributed by atoms with E-state index in [-0.39, 0.29) is 0 Å². The highest BCUT2D eigenvalue weighted by Gasteiger charge is 2.26. The molecule has 0 aliphatic carbocycles. The molecule has 0 bridgehead atoms. The van der Waals surface area contributed by atoms with Gasteiger partial charge in [0.15, 0.2) is 0 Å². The van der Waals surface area contributed by atoms with Crippen LogP contribution < -0.4 is 10.6 Å². The van der Waals surface area contributed by atoms with Gasteiger partial charge in [0.25, 0.3) is 0 Å². The summed E-state index contributed by atoms with van der Waals surface area (Å²) in [5, 5.41) is 1.02. The molecule has 0 aromatic carbocycles. The number of anilines is 1. The number of hydrogen-bond acceptors (Lipinski definition) is 5. The molecule has 0 radical (unpaired) electrons. The first-order valence-corrected chi connectivity index (χ1v) is 4.39. The van der Waals surface area contributed by atoms with Gasteiger partial charge in [-0.25, -0.2) is 4.98 Å². The second-order valence-corrected chi connectivity index (χ2v) is 3.49. The Hall–Kier alpha value is -0.680. The van der Waals surface area contributed by atoms with Crippen LogP contribution in [-0.4, -0.2) is 29.0 Å². The highest BCUT2D eigenvalue weighted by atomic mass is 32.1. The summed E-state index contributed by atoms with van der Waals surface area (Å²) in [6, 6.07) is 0. The Kier molecular flexibility index (Phi) is 1.75. The lowest BCUT2D eigenvalue weighted by Crippen LogP contribution is -2.49. The maximum Gasteiger partial charge on any atom is 0.204 e. The Morgan fingerprint density at radius 2 is 2.55 bits per heavy atom. The van der Waals surface area contributed by atoms with Crippen molar-refractivity contribution < 1.29 is 0 Å². The maximum atomic E-state index is 5.49. The molecule has 11 heavy (non-hydrogen) atoms. The first-order chi connectivity index (χ1) is 5.40. The molecule has 1 saturated heterocycles. The average Bonchev–Trinajstić information content (AvgIpc) is 2.37. The predicted molar refractivity (Wildman–Crippen MR) is 44.7 cm³/mol. The van der Waals surface area contributed by atoms with Gasteiger partial charge < -0.3 is 10.6 Å². The maximum absolute atomic E-state index is 5.49. The summed E-state index contributed by atoms with van der Waals surface area (Å²) in [4.78, 5) is 6.30. The van der Waals surface area contributed by atoms with E-state index in [1.165, 1.54) is 11.5 Å². The van der Waals surface area contributed by atoms with Gasteiger partial charge in [0.1, 0.15) is 6.33 Å². The molecule has 0 saturated carbocycles. The summed E-state index contributed by atoms with van der Waals surface area (Å²) in [6.45, 7) is 2.88. The summed E-state index contributed by atoms with van der Waals surface area (Å²) in [7, 11) is 0. The van der Waals surface area contributed by atoms with Crippen molar-refractivity contribution >= 4 is 16.7 Å². The zero-order valence-corrected chi connectivity index (χ0v) is 6.92. The van der Waals surface area contributed by atoms with E-state index < -0.39 is 0 Å². The Morgan fingerprint density at radius 1 is 1.73 bits per heavy atom. The fourth-order valence-corrected chi connectivity index (χ4v) is 1.73. The molecule has 1 aliphatic heterocycles. The Balaban J connectivity index is 1.92. The van der Waals surface area contributed by atoms with Crippen molar-refractivity contribution in [1.82, 2.24) is 9.36 Å². The minimum atomic E-state index is 0.666. The minimum absolute atomic E-state index is 0.666. The van der Waals surface area contributed by atoms with Crippen molar-refractivity contribution in [2.24, 2.45) is 11.7 Å². The van der Waals surface area contributed by atoms with E-state index in [0.29, 0.717) is 5.92 Å². The molecule has 0 amide bonds. The van der Waals surface area contributed by atoms with Crippen molar-refractivity contribution in [3.05, 3.63) is 6.33 Å². The van der Waals surface area contributed by atoms with Crippen molar-refractivity contribution in [2.75, 3.05) is 24.5 Å². The van der Waals surface area contributed by atoms with Crippen molar-refractivity contribution in [2.45, 2.75) is 0 Å². The van der Waals surface area contributed by atoms with Crippen LogP contribution in [0.5, 0.6) is 0 Å². The van der Waals surface area contributed by atoms with Gasteiger partial charge in [-0.05, 0) is 6.54 Å². The van der Waals surface area contributed by atoms with Gasteiger partial charge in [0.05, 0.1) is 0 Å². The highest BCUT2D eigenvalue weighted by molar-refractivity contribution is 7.09. The monoisotopic (exact) mass is 170 g/mol. The van der Waals surface area contributed by atoms with E-state index in [9.17, 15) is 0 Å². The molecule has 5 heteroatoms. The van der Waals surface area contributed by atoms with Gasteiger partial charge in [-0.15, -0.1) is 0 Å². The molecule has 4 nitrogen and oxygen atoms in total. The van der Waals surface area contributed by atoms with Crippen LogP contribution in [0, 0.1) is 5.92 Å². The molecule has 1 aromatic rings. The average molecular weight is 170 g/mol. The zero-order valence-electron chi connectivity index (χ0n) is 6.10. The topological polar surface area (TPSA) is 55.0 Å². The fraction of sp³-hybridized carbons (Fsp3) is 0.667. The lowest BCUT2D eigenvalue weighted by molar-refractivity contribution is 0.420. The standard InChI is InChI=1S/C6H10N4S/c7-1-5-2-10(3-5)6-8-4-9-11-6/h4-5H,1-3,7H2. The van der Waals surface area contributed by atoms with Crippen LogP contribution in [0.15, 0.2) is 6.33 Å². The van der Waals surface area contributed by atoms with E-state index in [1.54, 1.807) is 6.33 Å². The number of hydrogen-bond donors (Lipinski definition) is 1. The van der Waals surface area contributed by atoms with Crippen LogP contribution in [-0.2, 0) is 0 Å². The van der Waals surface area contributed by atoms with E-state index in [4.69, 9.17) is 5.73 Å². The van der Waals surface area contributed by atoms with Gasteiger partial charge >= 0.3 is 0 Å². The van der Waals surface area contributed by atoms with Gasteiger partial charge in [-0.1, -0.05) is 0 Å². The number of nitrogens with zero attached hydrogens (tertiary/aromatic N) is 3. The second-order valence-electron chi connectivity index (χ2n) is 2.73. The van der Waals surface area contributed by atoms with E-state index >= 15 is 0 Å². The summed E-state index contributed by atoms with van der Waals surface area (Å²) >= 11 is 1.44. The SMILES string of the molecule is NCC1CN(c2ncns2)C1. The summed E-state index contributed by atoms with van der Waals surface area (Å²) in [5.41, 5.74) is 5.49. The number of nitrogens with two attached hydrogens (primary N) is 1. The van der Waals surface area contributed by atoms with Crippen LogP contribution in [0.4, 0.5) is 5.13 Å². The van der Waals surface area contributed by atoms with E-state index in [1.807, 2.05) is 0 Å². The number of aromatic nitrogens is 2. The molecular weight excluding hydrogens is 160 g/mol. The van der Waals surface area contributed by atoms with Gasteiger partial charge in [-0.2, -0.15) is 4.37 Å². The molecule has 2 rings (SSSR count). The molecule has 1 aliphatic rings. The van der Waals surface area contributed by atoms with Crippen LogP contribution in [0.2, 0.25) is 0 Å². The molecule has 0 atom stereocenters. The third-order valence-corrected chi connectivity index (χ3v) is 2.64. The summed E-state index contributed by atoms with van der Waals surface area (Å²) in [6.07, 6.45) is 1.59. The zero-order chi connectivity index (χ0) is 7.68. The predicted octanol–water partition coefficient (Wildman–Crippen LogP) is -0.0670. The Morgan fingerprint density at radius 3 is 3.09 bits per heavy atom. The normalized spacial score (nSPS) is 18.5. The largest absolute Gasteiger partial charge is 0.346 e. The molecule has 1 aromatic heterocycles.